The van der Waals surface area contributed by atoms with E-state index in [0.717, 1.165) is 6.42 Å². The number of nitrogens with zero attached hydrogens (tertiary/aromatic N) is 1. The van der Waals surface area contributed by atoms with E-state index in [-0.39, 0.29) is 18.2 Å². The zero-order valence-electron chi connectivity index (χ0n) is 10.6. The van der Waals surface area contributed by atoms with Gasteiger partial charge in [0.15, 0.2) is 11.5 Å². The second-order valence-electron chi connectivity index (χ2n) is 3.82. The molecule has 0 aliphatic carbocycles. The monoisotopic (exact) mass is 247 g/mol. The van der Waals surface area contributed by atoms with Crippen molar-refractivity contribution < 1.29 is 14.6 Å². The van der Waals surface area contributed by atoms with Crippen LogP contribution >= 0.6 is 0 Å². The van der Waals surface area contributed by atoms with Gasteiger partial charge in [-0.3, -0.25) is 4.79 Å². The molecule has 0 radical (unpaired) electrons. The summed E-state index contributed by atoms with van der Waals surface area (Å²) in [5, 5.41) is 9.65. The van der Waals surface area contributed by atoms with Gasteiger partial charge in [0.1, 0.15) is 0 Å². The van der Waals surface area contributed by atoms with Gasteiger partial charge in [-0.15, -0.1) is 6.42 Å². The molecule has 0 aromatic heterocycles. The summed E-state index contributed by atoms with van der Waals surface area (Å²) in [6.45, 7) is 2.83. The predicted octanol–water partition coefficient (Wildman–Crippen LogP) is 1.89. The molecule has 4 nitrogen and oxygen atoms in total. The van der Waals surface area contributed by atoms with Crippen molar-refractivity contribution >= 4 is 5.91 Å². The van der Waals surface area contributed by atoms with Crippen molar-refractivity contribution in [2.75, 3.05) is 20.2 Å². The molecule has 1 aromatic carbocycles. The number of terminal acetylenes is 1. The summed E-state index contributed by atoms with van der Waals surface area (Å²) < 4.78 is 4.93. The Morgan fingerprint density at radius 1 is 1.56 bits per heavy atom. The van der Waals surface area contributed by atoms with Gasteiger partial charge in [-0.1, -0.05) is 12.8 Å². The zero-order chi connectivity index (χ0) is 13.5. The second-order valence-corrected chi connectivity index (χ2v) is 3.82. The Labute approximate surface area is 107 Å². The van der Waals surface area contributed by atoms with Crippen LogP contribution in [0.3, 0.4) is 0 Å². The Morgan fingerprint density at radius 2 is 2.28 bits per heavy atom. The average molecular weight is 247 g/mol. The largest absolute Gasteiger partial charge is 0.504 e. The zero-order valence-corrected chi connectivity index (χ0v) is 10.6. The number of hydrogen-bond donors (Lipinski definition) is 1. The molecule has 0 fully saturated rings. The molecule has 0 aliphatic rings. The molecule has 4 heteroatoms. The van der Waals surface area contributed by atoms with Crippen molar-refractivity contribution in [2.45, 2.75) is 13.3 Å². The summed E-state index contributed by atoms with van der Waals surface area (Å²) in [7, 11) is 1.46. The van der Waals surface area contributed by atoms with Crippen LogP contribution in [0.1, 0.15) is 23.7 Å². The summed E-state index contributed by atoms with van der Waals surface area (Å²) in [6.07, 6.45) is 6.07. The van der Waals surface area contributed by atoms with Gasteiger partial charge in [0.2, 0.25) is 0 Å². The number of hydrogen-bond acceptors (Lipinski definition) is 3. The van der Waals surface area contributed by atoms with E-state index in [0.29, 0.717) is 17.9 Å². The van der Waals surface area contributed by atoms with Crippen molar-refractivity contribution in [3.8, 4) is 23.8 Å². The van der Waals surface area contributed by atoms with Gasteiger partial charge >= 0.3 is 0 Å². The van der Waals surface area contributed by atoms with Crippen LogP contribution in [0.2, 0.25) is 0 Å². The number of phenols is 1. The van der Waals surface area contributed by atoms with Crippen molar-refractivity contribution in [1.82, 2.24) is 4.90 Å². The first-order chi connectivity index (χ1) is 8.63. The van der Waals surface area contributed by atoms with Crippen molar-refractivity contribution in [2.24, 2.45) is 0 Å². The average Bonchev–Trinajstić information content (AvgIpc) is 2.37. The maximum atomic E-state index is 12.2. The van der Waals surface area contributed by atoms with Crippen LogP contribution in [0.15, 0.2) is 18.2 Å². The van der Waals surface area contributed by atoms with E-state index in [1.54, 1.807) is 17.0 Å². The lowest BCUT2D eigenvalue weighted by Gasteiger charge is -2.19. The molecule has 0 bridgehead atoms. The standard InChI is InChI=1S/C14H17NO3/c1-4-8-15(9-5-2)14(17)11-6-7-13(18-3)12(16)10-11/h1,6-7,10,16H,5,8-9H2,2-3H3. The number of methoxy groups -OCH3 is 1. The lowest BCUT2D eigenvalue weighted by Crippen LogP contribution is -2.32. The Hall–Kier alpha value is -2.15. The van der Waals surface area contributed by atoms with Crippen LogP contribution < -0.4 is 4.74 Å². The quantitative estimate of drug-likeness (QED) is 0.808. The van der Waals surface area contributed by atoms with E-state index in [2.05, 4.69) is 5.92 Å². The number of carbonyl (C=O) groups is 1. The first-order valence-electron chi connectivity index (χ1n) is 5.73. The second kappa shape index (κ2) is 6.55. The molecule has 18 heavy (non-hydrogen) atoms. The smallest absolute Gasteiger partial charge is 0.254 e. The predicted molar refractivity (Wildman–Crippen MR) is 69.7 cm³/mol. The van der Waals surface area contributed by atoms with Crippen LogP contribution in [0.5, 0.6) is 11.5 Å². The Morgan fingerprint density at radius 3 is 2.78 bits per heavy atom. The maximum absolute atomic E-state index is 12.2. The Balaban J connectivity index is 2.95. The molecular weight excluding hydrogens is 230 g/mol. The highest BCUT2D eigenvalue weighted by molar-refractivity contribution is 5.95. The summed E-state index contributed by atoms with van der Waals surface area (Å²) in [5.41, 5.74) is 0.400. The van der Waals surface area contributed by atoms with E-state index in [1.807, 2.05) is 6.92 Å². The molecule has 1 amide bonds. The number of amides is 1. The number of aromatic hydroxyl groups is 1. The summed E-state index contributed by atoms with van der Waals surface area (Å²) in [6, 6.07) is 4.56. The minimum Gasteiger partial charge on any atom is -0.504 e. The number of rotatable bonds is 5. The number of ether oxygens (including phenoxy) is 1. The molecule has 0 spiro atoms. The fourth-order valence-corrected chi connectivity index (χ4v) is 1.64. The molecule has 0 unspecified atom stereocenters. The highest BCUT2D eigenvalue weighted by Crippen LogP contribution is 2.26. The Bertz CT molecular complexity index is 463. The summed E-state index contributed by atoms with van der Waals surface area (Å²) >= 11 is 0. The number of phenolic OH excluding ortho intramolecular Hbond substituents is 1. The fourth-order valence-electron chi connectivity index (χ4n) is 1.64. The van der Waals surface area contributed by atoms with Gasteiger partial charge in [-0.05, 0) is 24.6 Å². The van der Waals surface area contributed by atoms with E-state index in [1.165, 1.54) is 13.2 Å². The third-order valence-corrected chi connectivity index (χ3v) is 2.49. The lowest BCUT2D eigenvalue weighted by molar-refractivity contribution is 0.0776. The molecule has 0 heterocycles. The van der Waals surface area contributed by atoms with Gasteiger partial charge < -0.3 is 14.7 Å². The third-order valence-electron chi connectivity index (χ3n) is 2.49. The molecule has 0 aliphatic heterocycles. The van der Waals surface area contributed by atoms with Gasteiger partial charge in [0.25, 0.3) is 5.91 Å². The van der Waals surface area contributed by atoms with Crippen molar-refractivity contribution in [3.05, 3.63) is 23.8 Å². The van der Waals surface area contributed by atoms with E-state index < -0.39 is 0 Å². The fraction of sp³-hybridized carbons (Fsp3) is 0.357. The lowest BCUT2D eigenvalue weighted by atomic mass is 10.1. The van der Waals surface area contributed by atoms with Crippen molar-refractivity contribution in [1.29, 1.82) is 0 Å². The van der Waals surface area contributed by atoms with Gasteiger partial charge in [0, 0.05) is 12.1 Å². The van der Waals surface area contributed by atoms with Gasteiger partial charge in [-0.25, -0.2) is 0 Å². The van der Waals surface area contributed by atoms with Gasteiger partial charge in [0.05, 0.1) is 13.7 Å². The minimum atomic E-state index is -0.187. The summed E-state index contributed by atoms with van der Waals surface area (Å²) in [5.74, 6) is 2.55. The van der Waals surface area contributed by atoms with Crippen LogP contribution in [0.25, 0.3) is 0 Å². The highest BCUT2D eigenvalue weighted by Gasteiger charge is 2.15. The van der Waals surface area contributed by atoms with E-state index >= 15 is 0 Å². The van der Waals surface area contributed by atoms with Crippen molar-refractivity contribution in [3.63, 3.8) is 0 Å². The molecule has 0 saturated carbocycles. The molecular formula is C14H17NO3. The molecule has 1 rings (SSSR count). The molecule has 1 N–H and O–H groups in total. The normalized spacial score (nSPS) is 9.61. The minimum absolute atomic E-state index is 0.0551. The number of carbonyl (C=O) groups excluding carboxylic acids is 1. The third kappa shape index (κ3) is 3.17. The molecule has 0 atom stereocenters. The first-order valence-corrected chi connectivity index (χ1v) is 5.73. The molecule has 1 aromatic rings. The van der Waals surface area contributed by atoms with Crippen LogP contribution in [0.4, 0.5) is 0 Å². The van der Waals surface area contributed by atoms with Crippen LogP contribution in [-0.2, 0) is 0 Å². The highest BCUT2D eigenvalue weighted by atomic mass is 16.5. The summed E-state index contributed by atoms with van der Waals surface area (Å²) in [4.78, 5) is 13.7. The molecule has 0 saturated heterocycles. The Kier molecular flexibility index (Phi) is 5.06. The molecule has 96 valence electrons. The van der Waals surface area contributed by atoms with Crippen LogP contribution in [0, 0.1) is 12.3 Å². The maximum Gasteiger partial charge on any atom is 0.254 e. The van der Waals surface area contributed by atoms with E-state index in [9.17, 15) is 9.90 Å². The topological polar surface area (TPSA) is 49.8 Å². The van der Waals surface area contributed by atoms with Gasteiger partial charge in [-0.2, -0.15) is 0 Å². The van der Waals surface area contributed by atoms with E-state index in [4.69, 9.17) is 11.2 Å². The van der Waals surface area contributed by atoms with Crippen LogP contribution in [-0.4, -0.2) is 36.1 Å². The first kappa shape index (κ1) is 13.9. The number of benzene rings is 1. The SMILES string of the molecule is C#CCN(CCC)C(=O)c1ccc(OC)c(O)c1.